The van der Waals surface area contributed by atoms with E-state index in [-0.39, 0.29) is 23.1 Å². The molecule has 0 radical (unpaired) electrons. The molecule has 0 N–H and O–H groups in total. The van der Waals surface area contributed by atoms with Crippen LogP contribution in [0.5, 0.6) is 0 Å². The van der Waals surface area contributed by atoms with Crippen LogP contribution in [-0.2, 0) is 17.6 Å². The van der Waals surface area contributed by atoms with Crippen LogP contribution in [0.15, 0.2) is 64.2 Å². The molecule has 150 valence electrons. The van der Waals surface area contributed by atoms with Gasteiger partial charge in [-0.1, -0.05) is 67.2 Å². The van der Waals surface area contributed by atoms with E-state index < -0.39 is 0 Å². The molecule has 5 nitrogen and oxygen atoms in total. The Bertz CT molecular complexity index is 989. The van der Waals surface area contributed by atoms with Crippen LogP contribution in [0.1, 0.15) is 43.7 Å². The van der Waals surface area contributed by atoms with E-state index >= 15 is 0 Å². The minimum Gasteiger partial charge on any atom is -0.416 e. The number of hydrogen-bond donors (Lipinski definition) is 0. The molecule has 3 aromatic rings. The molecule has 4 rings (SSSR count). The Kier molecular flexibility index (Phi) is 5.72. The predicted octanol–water partition coefficient (Wildman–Crippen LogP) is 4.87. The first-order valence-corrected chi connectivity index (χ1v) is 10.9. The van der Waals surface area contributed by atoms with Crippen molar-refractivity contribution >= 4 is 23.4 Å². The van der Waals surface area contributed by atoms with Gasteiger partial charge in [-0.25, -0.2) is 0 Å². The van der Waals surface area contributed by atoms with Crippen LogP contribution in [0, 0.1) is 0 Å². The average molecular weight is 408 g/mol. The maximum atomic E-state index is 13.1. The number of para-hydroxylation sites is 1. The van der Waals surface area contributed by atoms with Crippen LogP contribution in [0.25, 0.3) is 0 Å². The summed E-state index contributed by atoms with van der Waals surface area (Å²) in [4.78, 5) is 15.0. The lowest BCUT2D eigenvalue weighted by atomic mass is 9.98. The number of rotatable bonds is 6. The molecule has 29 heavy (non-hydrogen) atoms. The maximum Gasteiger partial charge on any atom is 0.277 e. The van der Waals surface area contributed by atoms with Gasteiger partial charge in [-0.05, 0) is 43.4 Å². The summed E-state index contributed by atoms with van der Waals surface area (Å²) in [5, 5.41) is 8.47. The highest BCUT2D eigenvalue weighted by molar-refractivity contribution is 8.00. The summed E-state index contributed by atoms with van der Waals surface area (Å²) in [6, 6.07) is 18.6. The number of amides is 1. The summed E-state index contributed by atoms with van der Waals surface area (Å²) in [6.07, 6.45) is 1.57. The Morgan fingerprint density at radius 2 is 1.86 bits per heavy atom. The van der Waals surface area contributed by atoms with Crippen molar-refractivity contribution in [3.8, 4) is 0 Å². The summed E-state index contributed by atoms with van der Waals surface area (Å²) >= 11 is 1.33. The fraction of sp³-hybridized carbons (Fsp3) is 0.348. The van der Waals surface area contributed by atoms with E-state index in [0.717, 1.165) is 12.1 Å². The number of nitrogens with zero attached hydrogens (tertiary/aromatic N) is 3. The molecule has 2 heterocycles. The van der Waals surface area contributed by atoms with E-state index in [1.807, 2.05) is 48.2 Å². The molecular weight excluding hydrogens is 382 g/mol. The van der Waals surface area contributed by atoms with Gasteiger partial charge < -0.3 is 9.32 Å². The van der Waals surface area contributed by atoms with E-state index in [0.29, 0.717) is 17.5 Å². The second-order valence-electron chi connectivity index (χ2n) is 7.63. The normalized spacial score (nSPS) is 17.8. The molecule has 0 saturated heterocycles. The lowest BCUT2D eigenvalue weighted by Crippen LogP contribution is -2.40. The van der Waals surface area contributed by atoms with Crippen molar-refractivity contribution in [1.29, 1.82) is 0 Å². The third-order valence-electron chi connectivity index (χ3n) is 5.37. The largest absolute Gasteiger partial charge is 0.416 e. The van der Waals surface area contributed by atoms with Crippen LogP contribution in [0.2, 0.25) is 0 Å². The standard InChI is InChI=1S/C23H25N3O2S/c1-15(18-9-5-4-6-10-18)13-21-24-25-23(28-21)29-17(3)22(27)26-16(2)14-19-11-7-8-12-20(19)26/h4-12,15-17H,13-14H2,1-3H3. The van der Waals surface area contributed by atoms with Gasteiger partial charge in [0, 0.05) is 18.2 Å². The average Bonchev–Trinajstić information content (AvgIpc) is 3.30. The Morgan fingerprint density at radius 3 is 2.66 bits per heavy atom. The molecule has 3 atom stereocenters. The molecule has 1 amide bonds. The highest BCUT2D eigenvalue weighted by Gasteiger charge is 2.34. The molecule has 1 aliphatic heterocycles. The molecule has 1 aliphatic rings. The molecule has 6 heteroatoms. The smallest absolute Gasteiger partial charge is 0.277 e. The van der Waals surface area contributed by atoms with Gasteiger partial charge in [0.15, 0.2) is 0 Å². The van der Waals surface area contributed by atoms with Crippen LogP contribution < -0.4 is 4.90 Å². The number of carbonyl (C=O) groups excluding carboxylic acids is 1. The van der Waals surface area contributed by atoms with Crippen molar-refractivity contribution in [3.63, 3.8) is 0 Å². The SMILES string of the molecule is CC(Sc1nnc(CC(C)c2ccccc2)o1)C(=O)N1c2ccccc2CC1C. The van der Waals surface area contributed by atoms with Crippen LogP contribution in [0.4, 0.5) is 5.69 Å². The van der Waals surface area contributed by atoms with Crippen molar-refractivity contribution in [2.24, 2.45) is 0 Å². The van der Waals surface area contributed by atoms with Crippen LogP contribution >= 0.6 is 11.8 Å². The van der Waals surface area contributed by atoms with E-state index in [9.17, 15) is 4.79 Å². The highest BCUT2D eigenvalue weighted by atomic mass is 32.2. The number of anilines is 1. The van der Waals surface area contributed by atoms with Crippen molar-refractivity contribution in [1.82, 2.24) is 10.2 Å². The number of aromatic nitrogens is 2. The summed E-state index contributed by atoms with van der Waals surface area (Å²) < 4.78 is 5.83. The lowest BCUT2D eigenvalue weighted by molar-refractivity contribution is -0.118. The van der Waals surface area contributed by atoms with Crippen molar-refractivity contribution < 1.29 is 9.21 Å². The van der Waals surface area contributed by atoms with Gasteiger partial charge in [0.05, 0.1) is 5.25 Å². The van der Waals surface area contributed by atoms with Crippen LogP contribution in [-0.4, -0.2) is 27.4 Å². The third-order valence-corrected chi connectivity index (χ3v) is 6.29. The Labute approximate surface area is 175 Å². The lowest BCUT2D eigenvalue weighted by Gasteiger charge is -2.25. The van der Waals surface area contributed by atoms with Crippen molar-refractivity contribution in [3.05, 3.63) is 71.6 Å². The molecule has 1 aromatic heterocycles. The zero-order valence-corrected chi connectivity index (χ0v) is 17.7. The third kappa shape index (κ3) is 4.22. The number of thioether (sulfide) groups is 1. The minimum atomic E-state index is -0.302. The van der Waals surface area contributed by atoms with Crippen molar-refractivity contribution in [2.75, 3.05) is 4.90 Å². The minimum absolute atomic E-state index is 0.0739. The molecule has 3 unspecified atom stereocenters. The van der Waals surface area contributed by atoms with Gasteiger partial charge in [-0.15, -0.1) is 10.2 Å². The first kappa shape index (κ1) is 19.7. The van der Waals surface area contributed by atoms with Crippen LogP contribution in [0.3, 0.4) is 0 Å². The zero-order chi connectivity index (χ0) is 20.4. The predicted molar refractivity (Wildman–Crippen MR) is 115 cm³/mol. The highest BCUT2D eigenvalue weighted by Crippen LogP contribution is 2.34. The number of hydrogen-bond acceptors (Lipinski definition) is 5. The molecule has 2 aromatic carbocycles. The summed E-state index contributed by atoms with van der Waals surface area (Å²) in [7, 11) is 0. The molecule has 0 saturated carbocycles. The molecule has 0 bridgehead atoms. The van der Waals surface area contributed by atoms with E-state index in [4.69, 9.17) is 4.42 Å². The Hall–Kier alpha value is -2.60. The van der Waals surface area contributed by atoms with Gasteiger partial charge in [0.1, 0.15) is 0 Å². The van der Waals surface area contributed by atoms with E-state index in [1.54, 1.807) is 0 Å². The second-order valence-corrected chi connectivity index (χ2v) is 8.92. The number of fused-ring (bicyclic) bond motifs is 1. The second kappa shape index (κ2) is 8.41. The summed E-state index contributed by atoms with van der Waals surface area (Å²) in [5.74, 6) is 0.962. The number of benzene rings is 2. The van der Waals surface area contributed by atoms with Gasteiger partial charge in [-0.2, -0.15) is 0 Å². The summed E-state index contributed by atoms with van der Waals surface area (Å²) in [6.45, 7) is 6.13. The Balaban J connectivity index is 1.40. The number of carbonyl (C=O) groups is 1. The zero-order valence-electron chi connectivity index (χ0n) is 16.9. The summed E-state index contributed by atoms with van der Waals surface area (Å²) in [5.41, 5.74) is 3.48. The van der Waals surface area contributed by atoms with Gasteiger partial charge in [0.25, 0.3) is 5.22 Å². The molecule has 0 aliphatic carbocycles. The Morgan fingerprint density at radius 1 is 1.14 bits per heavy atom. The quantitative estimate of drug-likeness (QED) is 0.545. The van der Waals surface area contributed by atoms with Gasteiger partial charge >= 0.3 is 0 Å². The van der Waals surface area contributed by atoms with Crippen molar-refractivity contribution in [2.45, 2.75) is 56.0 Å². The first-order chi connectivity index (χ1) is 14.0. The van der Waals surface area contributed by atoms with E-state index in [1.165, 1.54) is 22.9 Å². The van der Waals surface area contributed by atoms with E-state index in [2.05, 4.69) is 42.2 Å². The fourth-order valence-corrected chi connectivity index (χ4v) is 4.58. The van der Waals surface area contributed by atoms with Gasteiger partial charge in [0.2, 0.25) is 11.8 Å². The fourth-order valence-electron chi connectivity index (χ4n) is 3.83. The monoisotopic (exact) mass is 407 g/mol. The first-order valence-electron chi connectivity index (χ1n) is 9.98. The molecular formula is C23H25N3O2S. The molecule has 0 spiro atoms. The molecule has 0 fully saturated rings. The maximum absolute atomic E-state index is 13.1. The topological polar surface area (TPSA) is 59.2 Å². The van der Waals surface area contributed by atoms with Gasteiger partial charge in [-0.3, -0.25) is 4.79 Å².